The van der Waals surface area contributed by atoms with E-state index in [-0.39, 0.29) is 17.0 Å². The van der Waals surface area contributed by atoms with Crippen LogP contribution in [0.15, 0.2) is 18.2 Å². The lowest BCUT2D eigenvalue weighted by atomic mass is 10.0. The summed E-state index contributed by atoms with van der Waals surface area (Å²) in [4.78, 5) is 23.0. The van der Waals surface area contributed by atoms with Gasteiger partial charge in [0.15, 0.2) is 0 Å². The van der Waals surface area contributed by atoms with Crippen molar-refractivity contribution in [3.63, 3.8) is 0 Å². The highest BCUT2D eigenvalue weighted by Crippen LogP contribution is 2.13. The fraction of sp³-hybridized carbons (Fsp3) is 0.429. The monoisotopic (exact) mass is 267 g/mol. The summed E-state index contributed by atoms with van der Waals surface area (Å²) in [5, 5.41) is 11.5. The Balaban J connectivity index is 2.88. The second-order valence-corrected chi connectivity index (χ2v) is 4.91. The van der Waals surface area contributed by atoms with Crippen molar-refractivity contribution in [3.05, 3.63) is 35.1 Å². The number of carbonyl (C=O) groups excluding carboxylic acids is 1. The van der Waals surface area contributed by atoms with Crippen LogP contribution in [0, 0.1) is 18.7 Å². The Morgan fingerprint density at radius 3 is 2.53 bits per heavy atom. The van der Waals surface area contributed by atoms with Gasteiger partial charge in [0, 0.05) is 5.56 Å². The van der Waals surface area contributed by atoms with Crippen LogP contribution >= 0.6 is 0 Å². The van der Waals surface area contributed by atoms with Crippen LogP contribution in [0.2, 0.25) is 0 Å². The molecule has 1 aromatic carbocycles. The maximum absolute atomic E-state index is 13.3. The number of hydrogen-bond acceptors (Lipinski definition) is 2. The normalized spacial score (nSPS) is 12.3. The molecule has 1 amide bonds. The van der Waals surface area contributed by atoms with Gasteiger partial charge in [-0.2, -0.15) is 0 Å². The number of aliphatic carboxylic acids is 1. The molecule has 0 heterocycles. The van der Waals surface area contributed by atoms with Gasteiger partial charge in [-0.25, -0.2) is 9.18 Å². The van der Waals surface area contributed by atoms with Crippen LogP contribution in [-0.2, 0) is 4.79 Å². The number of rotatable bonds is 5. The fourth-order valence-corrected chi connectivity index (χ4v) is 1.78. The van der Waals surface area contributed by atoms with Crippen molar-refractivity contribution in [1.29, 1.82) is 0 Å². The second kappa shape index (κ2) is 6.31. The highest BCUT2D eigenvalue weighted by Gasteiger charge is 2.22. The van der Waals surface area contributed by atoms with Gasteiger partial charge in [0.25, 0.3) is 5.91 Å². The van der Waals surface area contributed by atoms with E-state index in [4.69, 9.17) is 5.11 Å². The zero-order valence-corrected chi connectivity index (χ0v) is 11.2. The second-order valence-electron chi connectivity index (χ2n) is 4.91. The number of hydrogen-bond donors (Lipinski definition) is 2. The van der Waals surface area contributed by atoms with Crippen molar-refractivity contribution in [1.82, 2.24) is 5.32 Å². The van der Waals surface area contributed by atoms with E-state index >= 15 is 0 Å². The maximum Gasteiger partial charge on any atom is 0.326 e. The Morgan fingerprint density at radius 2 is 2.00 bits per heavy atom. The van der Waals surface area contributed by atoms with E-state index in [9.17, 15) is 14.0 Å². The van der Waals surface area contributed by atoms with Gasteiger partial charge in [0.05, 0.1) is 0 Å². The average Bonchev–Trinajstić information content (AvgIpc) is 2.31. The summed E-state index contributed by atoms with van der Waals surface area (Å²) >= 11 is 0. The number of benzene rings is 1. The van der Waals surface area contributed by atoms with E-state index in [0.29, 0.717) is 6.42 Å². The van der Waals surface area contributed by atoms with Gasteiger partial charge < -0.3 is 10.4 Å². The first kappa shape index (κ1) is 15.1. The third kappa shape index (κ3) is 4.05. The molecule has 0 saturated carbocycles. The lowest BCUT2D eigenvalue weighted by Crippen LogP contribution is -2.41. The topological polar surface area (TPSA) is 66.4 Å². The van der Waals surface area contributed by atoms with Crippen LogP contribution in [0.25, 0.3) is 0 Å². The standard InChI is InChI=1S/C14H18FNO3/c1-8(2)7-12(14(18)19)16-13(17)10-5-4-6-11(15)9(10)3/h4-6,8,12H,7H2,1-3H3,(H,16,17)(H,18,19)/t12-/m0/s1. The third-order valence-electron chi connectivity index (χ3n) is 2.82. The number of halogens is 1. The quantitative estimate of drug-likeness (QED) is 0.860. The fourth-order valence-electron chi connectivity index (χ4n) is 1.78. The van der Waals surface area contributed by atoms with Gasteiger partial charge in [0.1, 0.15) is 11.9 Å². The van der Waals surface area contributed by atoms with E-state index in [2.05, 4.69) is 5.32 Å². The van der Waals surface area contributed by atoms with Crippen LogP contribution in [0.1, 0.15) is 36.2 Å². The van der Waals surface area contributed by atoms with Gasteiger partial charge in [0.2, 0.25) is 0 Å². The molecule has 1 aromatic rings. The number of carboxylic acid groups (broad SMARTS) is 1. The van der Waals surface area contributed by atoms with Crippen molar-refractivity contribution in [2.24, 2.45) is 5.92 Å². The van der Waals surface area contributed by atoms with Gasteiger partial charge in [-0.05, 0) is 37.0 Å². The molecule has 1 rings (SSSR count). The SMILES string of the molecule is Cc1c(F)cccc1C(=O)N[C@@H](CC(C)C)C(=O)O. The summed E-state index contributed by atoms with van der Waals surface area (Å²) in [6, 6.07) is 3.20. The lowest BCUT2D eigenvalue weighted by molar-refractivity contribution is -0.139. The molecule has 0 fully saturated rings. The summed E-state index contributed by atoms with van der Waals surface area (Å²) in [5.41, 5.74) is 0.378. The van der Waals surface area contributed by atoms with Crippen LogP contribution in [0.4, 0.5) is 4.39 Å². The minimum atomic E-state index is -1.09. The predicted molar refractivity (Wildman–Crippen MR) is 69.5 cm³/mol. The van der Waals surface area contributed by atoms with E-state index in [1.807, 2.05) is 13.8 Å². The molecule has 4 nitrogen and oxygen atoms in total. The molecule has 0 aliphatic rings. The Bertz CT molecular complexity index is 486. The zero-order chi connectivity index (χ0) is 14.6. The first-order valence-corrected chi connectivity index (χ1v) is 6.11. The van der Waals surface area contributed by atoms with Crippen molar-refractivity contribution in [2.45, 2.75) is 33.2 Å². The summed E-state index contributed by atoms with van der Waals surface area (Å²) in [6.07, 6.45) is 0.329. The first-order chi connectivity index (χ1) is 8.82. The van der Waals surface area contributed by atoms with Crippen LogP contribution in [-0.4, -0.2) is 23.0 Å². The average molecular weight is 267 g/mol. The van der Waals surface area contributed by atoms with Crippen molar-refractivity contribution in [2.75, 3.05) is 0 Å². The molecular weight excluding hydrogens is 249 g/mol. The number of nitrogens with one attached hydrogen (secondary N) is 1. The number of carboxylic acids is 1. The number of amides is 1. The summed E-state index contributed by atoms with van der Waals surface area (Å²) in [6.45, 7) is 5.23. The molecule has 0 aliphatic carbocycles. The summed E-state index contributed by atoms with van der Waals surface area (Å²) in [5.74, 6) is -2.00. The minimum Gasteiger partial charge on any atom is -0.480 e. The highest BCUT2D eigenvalue weighted by molar-refractivity contribution is 5.97. The van der Waals surface area contributed by atoms with E-state index in [1.165, 1.54) is 25.1 Å². The van der Waals surface area contributed by atoms with Crippen LogP contribution in [0.5, 0.6) is 0 Å². The molecule has 0 aliphatic heterocycles. The minimum absolute atomic E-state index is 0.134. The predicted octanol–water partition coefficient (Wildman–Crippen LogP) is 2.36. The maximum atomic E-state index is 13.3. The van der Waals surface area contributed by atoms with Gasteiger partial charge >= 0.3 is 5.97 Å². The molecule has 2 N–H and O–H groups in total. The zero-order valence-electron chi connectivity index (χ0n) is 11.2. The van der Waals surface area contributed by atoms with Gasteiger partial charge in [-0.15, -0.1) is 0 Å². The molecular formula is C14H18FNO3. The molecule has 0 aromatic heterocycles. The third-order valence-corrected chi connectivity index (χ3v) is 2.82. The lowest BCUT2D eigenvalue weighted by Gasteiger charge is -2.17. The molecule has 0 saturated heterocycles. The molecule has 1 atom stereocenters. The van der Waals surface area contributed by atoms with Crippen molar-refractivity contribution >= 4 is 11.9 Å². The number of carbonyl (C=O) groups is 2. The first-order valence-electron chi connectivity index (χ1n) is 6.11. The Kier molecular flexibility index (Phi) is 5.03. The summed E-state index contributed by atoms with van der Waals surface area (Å²) in [7, 11) is 0. The smallest absolute Gasteiger partial charge is 0.326 e. The Hall–Kier alpha value is -1.91. The van der Waals surface area contributed by atoms with Gasteiger partial charge in [-0.3, -0.25) is 4.79 Å². The highest BCUT2D eigenvalue weighted by atomic mass is 19.1. The van der Waals surface area contributed by atoms with E-state index in [1.54, 1.807) is 0 Å². The van der Waals surface area contributed by atoms with Crippen molar-refractivity contribution < 1.29 is 19.1 Å². The molecule has 0 spiro atoms. The molecule has 104 valence electrons. The molecule has 0 bridgehead atoms. The Labute approximate surface area is 111 Å². The van der Waals surface area contributed by atoms with E-state index < -0.39 is 23.7 Å². The molecule has 5 heteroatoms. The van der Waals surface area contributed by atoms with Crippen LogP contribution in [0.3, 0.4) is 0 Å². The van der Waals surface area contributed by atoms with Gasteiger partial charge in [-0.1, -0.05) is 19.9 Å². The van der Waals surface area contributed by atoms with Crippen LogP contribution < -0.4 is 5.32 Å². The largest absolute Gasteiger partial charge is 0.480 e. The van der Waals surface area contributed by atoms with Crippen molar-refractivity contribution in [3.8, 4) is 0 Å². The molecule has 19 heavy (non-hydrogen) atoms. The van der Waals surface area contributed by atoms with E-state index in [0.717, 1.165) is 0 Å². The molecule has 0 unspecified atom stereocenters. The Morgan fingerprint density at radius 1 is 1.37 bits per heavy atom. The summed E-state index contributed by atoms with van der Waals surface area (Å²) < 4.78 is 13.3. The molecule has 0 radical (unpaired) electrons.